The SMILES string of the molecule is COC(=O)c1ccc(C(=O)c2ccc(C#C[Si](C)(C)C)cc2)cc1. The Labute approximate surface area is 143 Å². The summed E-state index contributed by atoms with van der Waals surface area (Å²) in [5, 5.41) is 0. The minimum absolute atomic E-state index is 0.0869. The lowest BCUT2D eigenvalue weighted by molar-refractivity contribution is 0.0600. The summed E-state index contributed by atoms with van der Waals surface area (Å²) >= 11 is 0. The highest BCUT2D eigenvalue weighted by Gasteiger charge is 2.11. The lowest BCUT2D eigenvalue weighted by Gasteiger charge is -2.04. The van der Waals surface area contributed by atoms with Crippen molar-refractivity contribution in [2.24, 2.45) is 0 Å². The lowest BCUT2D eigenvalue weighted by atomic mass is 10.0. The van der Waals surface area contributed by atoms with E-state index in [1.807, 2.05) is 12.1 Å². The molecular formula is C20H20O3Si. The molecule has 0 N–H and O–H groups in total. The van der Waals surface area contributed by atoms with Gasteiger partial charge in [0.15, 0.2) is 5.78 Å². The van der Waals surface area contributed by atoms with Gasteiger partial charge in [-0.15, -0.1) is 5.54 Å². The zero-order chi connectivity index (χ0) is 17.7. The van der Waals surface area contributed by atoms with Crippen LogP contribution in [0.1, 0.15) is 31.8 Å². The summed E-state index contributed by atoms with van der Waals surface area (Å²) in [7, 11) is -0.0845. The molecule has 122 valence electrons. The summed E-state index contributed by atoms with van der Waals surface area (Å²) in [5.74, 6) is 2.66. The molecule has 0 aliphatic rings. The van der Waals surface area contributed by atoms with Gasteiger partial charge >= 0.3 is 5.97 Å². The second-order valence-corrected chi connectivity index (χ2v) is 11.2. The van der Waals surface area contributed by atoms with Gasteiger partial charge in [0.25, 0.3) is 0 Å². The Hall–Kier alpha value is -2.64. The van der Waals surface area contributed by atoms with Gasteiger partial charge < -0.3 is 4.74 Å². The number of esters is 1. The lowest BCUT2D eigenvalue weighted by Crippen LogP contribution is -2.16. The van der Waals surface area contributed by atoms with Crippen molar-refractivity contribution in [2.75, 3.05) is 7.11 Å². The Morgan fingerprint density at radius 2 is 1.29 bits per heavy atom. The number of rotatable bonds is 3. The first-order chi connectivity index (χ1) is 11.3. The first-order valence-corrected chi connectivity index (χ1v) is 11.2. The molecule has 0 bridgehead atoms. The molecule has 0 saturated heterocycles. The number of benzene rings is 2. The van der Waals surface area contributed by atoms with Crippen LogP contribution in [0.5, 0.6) is 0 Å². The number of hydrogen-bond donors (Lipinski definition) is 0. The van der Waals surface area contributed by atoms with E-state index in [-0.39, 0.29) is 5.78 Å². The molecule has 0 atom stereocenters. The first kappa shape index (κ1) is 17.7. The van der Waals surface area contributed by atoms with Crippen molar-refractivity contribution in [1.29, 1.82) is 0 Å². The van der Waals surface area contributed by atoms with E-state index in [0.717, 1.165) is 5.56 Å². The van der Waals surface area contributed by atoms with Gasteiger partial charge in [0.05, 0.1) is 12.7 Å². The van der Waals surface area contributed by atoms with E-state index >= 15 is 0 Å². The van der Waals surface area contributed by atoms with Gasteiger partial charge in [-0.2, -0.15) is 0 Å². The van der Waals surface area contributed by atoms with Crippen molar-refractivity contribution in [3.63, 3.8) is 0 Å². The molecule has 0 aliphatic heterocycles. The number of methoxy groups -OCH3 is 1. The molecule has 0 aromatic heterocycles. The highest BCUT2D eigenvalue weighted by molar-refractivity contribution is 6.83. The number of ketones is 1. The van der Waals surface area contributed by atoms with Crippen molar-refractivity contribution in [3.05, 3.63) is 70.8 Å². The summed E-state index contributed by atoms with van der Waals surface area (Å²) in [4.78, 5) is 23.9. The van der Waals surface area contributed by atoms with Gasteiger partial charge in [0.1, 0.15) is 8.07 Å². The predicted molar refractivity (Wildman–Crippen MR) is 97.9 cm³/mol. The molecule has 0 heterocycles. The molecule has 0 spiro atoms. The highest BCUT2D eigenvalue weighted by atomic mass is 28.3. The summed E-state index contributed by atoms with van der Waals surface area (Å²) < 4.78 is 4.65. The Balaban J connectivity index is 2.18. The second kappa shape index (κ2) is 7.29. The summed E-state index contributed by atoms with van der Waals surface area (Å²) in [5.41, 5.74) is 5.76. The minimum Gasteiger partial charge on any atom is -0.465 e. The Bertz CT molecular complexity index is 801. The fourth-order valence-electron chi connectivity index (χ4n) is 2.01. The van der Waals surface area contributed by atoms with Gasteiger partial charge in [-0.3, -0.25) is 4.79 Å². The summed E-state index contributed by atoms with van der Waals surface area (Å²) in [6.07, 6.45) is 0. The molecule has 2 aromatic rings. The van der Waals surface area contributed by atoms with Gasteiger partial charge in [-0.05, 0) is 36.4 Å². The average Bonchev–Trinajstić information content (AvgIpc) is 2.58. The Morgan fingerprint density at radius 1 is 0.833 bits per heavy atom. The van der Waals surface area contributed by atoms with Crippen LogP contribution >= 0.6 is 0 Å². The molecule has 0 aliphatic carbocycles. The van der Waals surface area contributed by atoms with Gasteiger partial charge in [0, 0.05) is 16.7 Å². The molecule has 0 saturated carbocycles. The van der Waals surface area contributed by atoms with Crippen molar-refractivity contribution < 1.29 is 14.3 Å². The third kappa shape index (κ3) is 4.67. The second-order valence-electron chi connectivity index (χ2n) is 6.48. The molecule has 24 heavy (non-hydrogen) atoms. The van der Waals surface area contributed by atoms with Gasteiger partial charge in [-0.1, -0.05) is 37.7 Å². The topological polar surface area (TPSA) is 43.4 Å². The van der Waals surface area contributed by atoms with Crippen LogP contribution in [0.4, 0.5) is 0 Å². The fourth-order valence-corrected chi connectivity index (χ4v) is 2.53. The van der Waals surface area contributed by atoms with Crippen molar-refractivity contribution in [3.8, 4) is 11.5 Å². The van der Waals surface area contributed by atoms with Crippen molar-refractivity contribution in [2.45, 2.75) is 19.6 Å². The molecule has 0 amide bonds. The number of ether oxygens (including phenoxy) is 1. The molecule has 0 unspecified atom stereocenters. The quantitative estimate of drug-likeness (QED) is 0.369. The fraction of sp³-hybridized carbons (Fsp3) is 0.200. The van der Waals surface area contributed by atoms with Crippen LogP contribution in [0, 0.1) is 11.5 Å². The molecule has 2 aromatic carbocycles. The zero-order valence-electron chi connectivity index (χ0n) is 14.3. The first-order valence-electron chi connectivity index (χ1n) is 7.66. The Morgan fingerprint density at radius 3 is 1.75 bits per heavy atom. The maximum atomic E-state index is 12.5. The standard InChI is InChI=1S/C20H20O3Si/c1-23-20(22)18-11-9-17(10-12-18)19(21)16-7-5-15(6-8-16)13-14-24(2,3)4/h5-12H,1-4H3. The van der Waals surface area contributed by atoms with Gasteiger partial charge in [-0.25, -0.2) is 4.79 Å². The normalized spacial score (nSPS) is 10.5. The summed E-state index contributed by atoms with van der Waals surface area (Å²) in [6.45, 7) is 6.57. The zero-order valence-corrected chi connectivity index (χ0v) is 15.3. The van der Waals surface area contributed by atoms with E-state index in [0.29, 0.717) is 16.7 Å². The highest BCUT2D eigenvalue weighted by Crippen LogP contribution is 2.13. The predicted octanol–water partition coefficient (Wildman–Crippen LogP) is 3.93. The van der Waals surface area contributed by atoms with E-state index in [1.54, 1.807) is 36.4 Å². The monoisotopic (exact) mass is 336 g/mol. The van der Waals surface area contributed by atoms with Crippen LogP contribution in [-0.2, 0) is 4.74 Å². The maximum Gasteiger partial charge on any atom is 0.337 e. The molecule has 0 fully saturated rings. The van der Waals surface area contributed by atoms with Crippen LogP contribution in [0.15, 0.2) is 48.5 Å². The minimum atomic E-state index is -1.41. The van der Waals surface area contributed by atoms with Crippen LogP contribution < -0.4 is 0 Å². The Kier molecular flexibility index (Phi) is 5.37. The largest absolute Gasteiger partial charge is 0.465 e. The van der Waals surface area contributed by atoms with E-state index in [2.05, 4.69) is 35.8 Å². The maximum absolute atomic E-state index is 12.5. The number of hydrogen-bond acceptors (Lipinski definition) is 3. The van der Waals surface area contributed by atoms with Crippen LogP contribution in [-0.4, -0.2) is 26.9 Å². The third-order valence-corrected chi connectivity index (χ3v) is 4.17. The van der Waals surface area contributed by atoms with Crippen molar-refractivity contribution in [1.82, 2.24) is 0 Å². The smallest absolute Gasteiger partial charge is 0.337 e. The number of carbonyl (C=O) groups is 2. The van der Waals surface area contributed by atoms with E-state index in [1.165, 1.54) is 7.11 Å². The molecule has 2 rings (SSSR count). The summed E-state index contributed by atoms with van der Waals surface area (Å²) in [6, 6.07) is 13.7. The third-order valence-electron chi connectivity index (χ3n) is 3.30. The molecule has 4 heteroatoms. The number of carbonyl (C=O) groups excluding carboxylic acids is 2. The van der Waals surface area contributed by atoms with E-state index in [9.17, 15) is 9.59 Å². The average molecular weight is 336 g/mol. The van der Waals surface area contributed by atoms with Crippen LogP contribution in [0.2, 0.25) is 19.6 Å². The van der Waals surface area contributed by atoms with Gasteiger partial charge in [0.2, 0.25) is 0 Å². The van der Waals surface area contributed by atoms with Crippen LogP contribution in [0.25, 0.3) is 0 Å². The van der Waals surface area contributed by atoms with Crippen LogP contribution in [0.3, 0.4) is 0 Å². The molecule has 0 radical (unpaired) electrons. The van der Waals surface area contributed by atoms with Crippen molar-refractivity contribution >= 4 is 19.8 Å². The van der Waals surface area contributed by atoms with E-state index in [4.69, 9.17) is 0 Å². The molecule has 3 nitrogen and oxygen atoms in total. The molecular weight excluding hydrogens is 316 g/mol. The van der Waals surface area contributed by atoms with E-state index < -0.39 is 14.0 Å².